The Balaban J connectivity index is 2.80. The molecule has 0 aliphatic rings. The van der Waals surface area contributed by atoms with E-state index in [-0.39, 0.29) is 5.56 Å². The minimum Gasteiger partial charge on any atom is -0.495 e. The van der Waals surface area contributed by atoms with Gasteiger partial charge >= 0.3 is 0 Å². The molecule has 0 radical (unpaired) electrons. The van der Waals surface area contributed by atoms with E-state index in [1.807, 2.05) is 13.0 Å². The van der Waals surface area contributed by atoms with Crippen LogP contribution >= 0.6 is 0 Å². The molecule has 0 bridgehead atoms. The molecule has 17 heavy (non-hydrogen) atoms. The number of nitrogens with zero attached hydrogens (tertiary/aromatic N) is 1. The molecule has 0 saturated carbocycles. The van der Waals surface area contributed by atoms with Crippen LogP contribution in [0, 0.1) is 11.3 Å². The van der Waals surface area contributed by atoms with Gasteiger partial charge in [-0.3, -0.25) is 4.79 Å². The molecular formula is C13H12N2O2. The van der Waals surface area contributed by atoms with Gasteiger partial charge in [0.25, 0.3) is 5.56 Å². The van der Waals surface area contributed by atoms with Gasteiger partial charge in [0.05, 0.1) is 18.2 Å². The van der Waals surface area contributed by atoms with E-state index in [1.54, 1.807) is 12.1 Å². The Hall–Kier alpha value is -2.28. The van der Waals surface area contributed by atoms with Crippen molar-refractivity contribution in [1.82, 2.24) is 4.98 Å². The Morgan fingerprint density at radius 2 is 2.18 bits per heavy atom. The van der Waals surface area contributed by atoms with E-state index in [0.717, 1.165) is 5.39 Å². The molecule has 4 nitrogen and oxygen atoms in total. The number of methoxy groups -OCH3 is 1. The largest absolute Gasteiger partial charge is 0.495 e. The number of aryl methyl sites for hydroxylation is 1. The number of ether oxygens (including phenoxy) is 1. The van der Waals surface area contributed by atoms with Crippen molar-refractivity contribution < 1.29 is 4.74 Å². The van der Waals surface area contributed by atoms with Crippen molar-refractivity contribution in [2.24, 2.45) is 0 Å². The molecule has 0 spiro atoms. The molecule has 0 aliphatic carbocycles. The fourth-order valence-corrected chi connectivity index (χ4v) is 1.80. The molecule has 1 N–H and O–H groups in total. The summed E-state index contributed by atoms with van der Waals surface area (Å²) in [6, 6.07) is 7.29. The van der Waals surface area contributed by atoms with Crippen LogP contribution in [0.1, 0.15) is 18.1 Å². The summed E-state index contributed by atoms with van der Waals surface area (Å²) in [4.78, 5) is 14.4. The maximum Gasteiger partial charge on any atom is 0.251 e. The number of benzene rings is 1. The minimum absolute atomic E-state index is 0.0910. The van der Waals surface area contributed by atoms with E-state index in [4.69, 9.17) is 10.00 Å². The molecular weight excluding hydrogens is 216 g/mol. The molecule has 0 fully saturated rings. The normalized spacial score (nSPS) is 10.2. The molecule has 1 heterocycles. The molecule has 1 aromatic carbocycles. The molecule has 1 aromatic heterocycles. The maximum absolute atomic E-state index is 11.7. The molecule has 4 heteroatoms. The number of nitrogens with one attached hydrogen (secondary N) is 1. The second kappa shape index (κ2) is 4.30. The van der Waals surface area contributed by atoms with Crippen LogP contribution in [0.25, 0.3) is 10.9 Å². The Morgan fingerprint density at radius 3 is 2.76 bits per heavy atom. The zero-order valence-corrected chi connectivity index (χ0v) is 9.70. The molecule has 2 aromatic rings. The molecule has 0 unspecified atom stereocenters. The van der Waals surface area contributed by atoms with Crippen LogP contribution in [0.3, 0.4) is 0 Å². The predicted octanol–water partition coefficient (Wildman–Crippen LogP) is 1.97. The quantitative estimate of drug-likeness (QED) is 0.854. The van der Waals surface area contributed by atoms with Gasteiger partial charge < -0.3 is 9.72 Å². The lowest BCUT2D eigenvalue weighted by molar-refractivity contribution is 0.414. The average Bonchev–Trinajstić information content (AvgIpc) is 2.36. The Morgan fingerprint density at radius 1 is 1.41 bits per heavy atom. The lowest BCUT2D eigenvalue weighted by Crippen LogP contribution is -2.11. The third kappa shape index (κ3) is 1.87. The fourth-order valence-electron chi connectivity index (χ4n) is 1.80. The number of nitriles is 1. The first-order chi connectivity index (χ1) is 8.19. The van der Waals surface area contributed by atoms with Crippen molar-refractivity contribution in [1.29, 1.82) is 5.26 Å². The van der Waals surface area contributed by atoms with E-state index >= 15 is 0 Å². The van der Waals surface area contributed by atoms with Gasteiger partial charge in [0.2, 0.25) is 0 Å². The Bertz CT molecular complexity index is 665. The summed E-state index contributed by atoms with van der Waals surface area (Å²) in [7, 11) is 1.50. The molecule has 0 atom stereocenters. The van der Waals surface area contributed by atoms with E-state index in [9.17, 15) is 4.79 Å². The van der Waals surface area contributed by atoms with Crippen LogP contribution in [0.5, 0.6) is 5.75 Å². The third-order valence-corrected chi connectivity index (χ3v) is 2.74. The predicted molar refractivity (Wildman–Crippen MR) is 65.2 cm³/mol. The molecule has 0 aliphatic heterocycles. The first-order valence-corrected chi connectivity index (χ1v) is 5.33. The summed E-state index contributed by atoms with van der Waals surface area (Å²) < 4.78 is 5.10. The highest BCUT2D eigenvalue weighted by Gasteiger charge is 2.07. The highest BCUT2D eigenvalue weighted by atomic mass is 16.5. The third-order valence-electron chi connectivity index (χ3n) is 2.74. The number of rotatable bonds is 2. The van der Waals surface area contributed by atoms with E-state index in [0.29, 0.717) is 28.8 Å². The van der Waals surface area contributed by atoms with Crippen molar-refractivity contribution in [3.63, 3.8) is 0 Å². The van der Waals surface area contributed by atoms with Crippen LogP contribution in [0.15, 0.2) is 23.0 Å². The number of hydrogen-bond donors (Lipinski definition) is 1. The summed E-state index contributed by atoms with van der Waals surface area (Å²) in [5, 5.41) is 9.83. The van der Waals surface area contributed by atoms with Gasteiger partial charge in [0, 0.05) is 17.0 Å². The van der Waals surface area contributed by atoms with Gasteiger partial charge in [0.15, 0.2) is 0 Å². The van der Waals surface area contributed by atoms with Gasteiger partial charge in [-0.15, -0.1) is 0 Å². The Labute approximate surface area is 98.5 Å². The second-order valence-corrected chi connectivity index (χ2v) is 3.73. The van der Waals surface area contributed by atoms with Gasteiger partial charge in [-0.1, -0.05) is 6.92 Å². The summed E-state index contributed by atoms with van der Waals surface area (Å²) in [6.45, 7) is 1.92. The summed E-state index contributed by atoms with van der Waals surface area (Å²) in [5.74, 6) is 0.472. The van der Waals surface area contributed by atoms with E-state index in [1.165, 1.54) is 7.11 Å². The number of aromatic amines is 1. The maximum atomic E-state index is 11.7. The zero-order valence-electron chi connectivity index (χ0n) is 9.70. The van der Waals surface area contributed by atoms with Crippen molar-refractivity contribution >= 4 is 10.9 Å². The average molecular weight is 228 g/mol. The standard InChI is InChI=1S/C13H12N2O2/c1-3-8-4-9-5-10(7-14)12(17-2)6-11(9)15-13(8)16/h4-6H,3H2,1-2H3,(H,15,16). The molecule has 2 rings (SSSR count). The monoisotopic (exact) mass is 228 g/mol. The van der Waals surface area contributed by atoms with Gasteiger partial charge in [-0.25, -0.2) is 0 Å². The first kappa shape index (κ1) is 11.2. The first-order valence-electron chi connectivity index (χ1n) is 5.33. The van der Waals surface area contributed by atoms with Crippen LogP contribution in [0.2, 0.25) is 0 Å². The van der Waals surface area contributed by atoms with Gasteiger partial charge in [0.1, 0.15) is 11.8 Å². The van der Waals surface area contributed by atoms with Crippen LogP contribution in [0.4, 0.5) is 0 Å². The van der Waals surface area contributed by atoms with Crippen molar-refractivity contribution in [2.75, 3.05) is 7.11 Å². The minimum atomic E-state index is -0.0910. The number of aromatic nitrogens is 1. The Kier molecular flexibility index (Phi) is 2.84. The van der Waals surface area contributed by atoms with Crippen LogP contribution in [-0.2, 0) is 6.42 Å². The van der Waals surface area contributed by atoms with Crippen LogP contribution < -0.4 is 10.3 Å². The zero-order chi connectivity index (χ0) is 12.4. The number of fused-ring (bicyclic) bond motifs is 1. The smallest absolute Gasteiger partial charge is 0.251 e. The van der Waals surface area contributed by atoms with Gasteiger partial charge in [-0.05, 0) is 18.6 Å². The SMILES string of the molecule is CCc1cc2cc(C#N)c(OC)cc2[nH]c1=O. The summed E-state index contributed by atoms with van der Waals surface area (Å²) in [5.41, 5.74) is 1.77. The van der Waals surface area contributed by atoms with E-state index < -0.39 is 0 Å². The van der Waals surface area contributed by atoms with Gasteiger partial charge in [-0.2, -0.15) is 5.26 Å². The van der Waals surface area contributed by atoms with Crippen molar-refractivity contribution in [2.45, 2.75) is 13.3 Å². The molecule has 0 saturated heterocycles. The highest BCUT2D eigenvalue weighted by molar-refractivity contribution is 5.82. The lowest BCUT2D eigenvalue weighted by Gasteiger charge is -2.06. The summed E-state index contributed by atoms with van der Waals surface area (Å²) in [6.07, 6.45) is 0.666. The molecule has 86 valence electrons. The topological polar surface area (TPSA) is 65.9 Å². The van der Waals surface area contributed by atoms with Crippen LogP contribution in [-0.4, -0.2) is 12.1 Å². The fraction of sp³-hybridized carbons (Fsp3) is 0.231. The second-order valence-electron chi connectivity index (χ2n) is 3.73. The number of H-pyrrole nitrogens is 1. The van der Waals surface area contributed by atoms with Crippen molar-refractivity contribution in [3.05, 3.63) is 39.7 Å². The summed E-state index contributed by atoms with van der Waals surface area (Å²) >= 11 is 0. The van der Waals surface area contributed by atoms with Crippen molar-refractivity contribution in [3.8, 4) is 11.8 Å². The molecule has 0 amide bonds. The lowest BCUT2D eigenvalue weighted by atomic mass is 10.1. The highest BCUT2D eigenvalue weighted by Crippen LogP contribution is 2.23. The number of hydrogen-bond acceptors (Lipinski definition) is 3. The number of pyridine rings is 1. The van der Waals surface area contributed by atoms with E-state index in [2.05, 4.69) is 11.1 Å².